The molecule has 1 aliphatic carbocycles. The maximum Gasteiger partial charge on any atom is 0.234 e. The predicted octanol–water partition coefficient (Wildman–Crippen LogP) is 3.04. The van der Waals surface area contributed by atoms with Crippen LogP contribution < -0.4 is 15.4 Å². The van der Waals surface area contributed by atoms with Gasteiger partial charge in [-0.05, 0) is 31.0 Å². The van der Waals surface area contributed by atoms with E-state index in [1.54, 1.807) is 24.3 Å². The maximum absolute atomic E-state index is 12.5. The number of ether oxygens (including phenoxy) is 1. The van der Waals surface area contributed by atoms with E-state index in [1.165, 1.54) is 25.8 Å². The maximum atomic E-state index is 12.5. The minimum atomic E-state index is -0.204. The molecule has 3 rings (SSSR count). The summed E-state index contributed by atoms with van der Waals surface area (Å²) in [4.78, 5) is 23.7. The molecular weight excluding hydrogens is 378 g/mol. The Labute approximate surface area is 167 Å². The van der Waals surface area contributed by atoms with Crippen LogP contribution in [0.25, 0.3) is 0 Å². The number of anilines is 2. The van der Waals surface area contributed by atoms with Gasteiger partial charge in [0, 0.05) is 25.1 Å². The first kappa shape index (κ1) is 19.9. The smallest absolute Gasteiger partial charge is 0.234 e. The highest BCUT2D eigenvalue weighted by Gasteiger charge is 2.30. The molecule has 28 heavy (non-hydrogen) atoms. The number of allylic oxidation sites excluding steroid dienone is 1. The fourth-order valence-corrected chi connectivity index (χ4v) is 3.51. The fraction of sp³-hybridized carbons (Fsp3) is 0.368. The molecule has 9 heteroatoms. The van der Waals surface area contributed by atoms with E-state index in [2.05, 4.69) is 27.4 Å². The standard InChI is InChI=1S/C19H23N5O3S/c1-4-9-24-18(13-5-6-13)22-23-19(24)28-11-17(26)21-15-10-14(20-12(2)25)7-8-16(15)27-3/h4,7-8,10,13H,1,5-6,9,11H2,2-3H3,(H,20,25)(H,21,26). The lowest BCUT2D eigenvalue weighted by Gasteiger charge is -2.12. The largest absolute Gasteiger partial charge is 0.495 e. The van der Waals surface area contributed by atoms with Crippen molar-refractivity contribution in [3.05, 3.63) is 36.7 Å². The number of nitrogens with zero attached hydrogens (tertiary/aromatic N) is 3. The molecule has 1 heterocycles. The molecule has 8 nitrogen and oxygen atoms in total. The zero-order chi connectivity index (χ0) is 20.1. The van der Waals surface area contributed by atoms with Crippen LogP contribution in [0, 0.1) is 0 Å². The van der Waals surface area contributed by atoms with E-state index in [9.17, 15) is 9.59 Å². The third kappa shape index (κ3) is 4.92. The van der Waals surface area contributed by atoms with E-state index in [0.29, 0.717) is 34.7 Å². The Hall–Kier alpha value is -2.81. The molecule has 1 aliphatic rings. The van der Waals surface area contributed by atoms with Gasteiger partial charge in [0.25, 0.3) is 0 Å². The van der Waals surface area contributed by atoms with Gasteiger partial charge in [0.1, 0.15) is 11.6 Å². The van der Waals surface area contributed by atoms with Crippen LogP contribution >= 0.6 is 11.8 Å². The number of hydrogen-bond donors (Lipinski definition) is 2. The Kier molecular flexibility index (Phi) is 6.35. The van der Waals surface area contributed by atoms with E-state index < -0.39 is 0 Å². The van der Waals surface area contributed by atoms with Crippen LogP contribution in [0.5, 0.6) is 5.75 Å². The van der Waals surface area contributed by atoms with E-state index in [0.717, 1.165) is 18.7 Å². The second-order valence-electron chi connectivity index (χ2n) is 6.45. The minimum Gasteiger partial charge on any atom is -0.495 e. The Bertz CT molecular complexity index is 892. The molecule has 1 fully saturated rings. The minimum absolute atomic E-state index is 0.174. The highest BCUT2D eigenvalue weighted by molar-refractivity contribution is 7.99. The number of carbonyl (C=O) groups excluding carboxylic acids is 2. The molecule has 2 amide bonds. The lowest BCUT2D eigenvalue weighted by molar-refractivity contribution is -0.114. The summed E-state index contributed by atoms with van der Waals surface area (Å²) in [5.74, 6) is 1.73. The van der Waals surface area contributed by atoms with Crippen molar-refractivity contribution in [3.8, 4) is 5.75 Å². The monoisotopic (exact) mass is 401 g/mol. The molecule has 0 spiro atoms. The number of hydrogen-bond acceptors (Lipinski definition) is 6. The van der Waals surface area contributed by atoms with Crippen molar-refractivity contribution >= 4 is 35.0 Å². The lowest BCUT2D eigenvalue weighted by atomic mass is 10.2. The van der Waals surface area contributed by atoms with Crippen LogP contribution in [0.2, 0.25) is 0 Å². The number of benzene rings is 1. The van der Waals surface area contributed by atoms with E-state index in [1.807, 2.05) is 4.57 Å². The van der Waals surface area contributed by atoms with Gasteiger partial charge in [-0.3, -0.25) is 9.59 Å². The number of amides is 2. The summed E-state index contributed by atoms with van der Waals surface area (Å²) < 4.78 is 7.30. The average Bonchev–Trinajstić information content (AvgIpc) is 3.42. The van der Waals surface area contributed by atoms with Crippen molar-refractivity contribution in [1.82, 2.24) is 14.8 Å². The summed E-state index contributed by atoms with van der Waals surface area (Å²) in [5.41, 5.74) is 1.07. The number of nitrogens with one attached hydrogen (secondary N) is 2. The zero-order valence-electron chi connectivity index (χ0n) is 15.9. The summed E-state index contributed by atoms with van der Waals surface area (Å²) in [6.07, 6.45) is 4.06. The summed E-state index contributed by atoms with van der Waals surface area (Å²) in [6.45, 7) is 5.83. The Morgan fingerprint density at radius 2 is 2.14 bits per heavy atom. The van der Waals surface area contributed by atoms with Crippen LogP contribution in [0.15, 0.2) is 36.0 Å². The summed E-state index contributed by atoms with van der Waals surface area (Å²) in [5, 5.41) is 14.7. The summed E-state index contributed by atoms with van der Waals surface area (Å²) in [7, 11) is 1.52. The molecule has 0 bridgehead atoms. The Morgan fingerprint density at radius 1 is 1.36 bits per heavy atom. The molecule has 1 aromatic heterocycles. The first-order valence-electron chi connectivity index (χ1n) is 8.94. The first-order chi connectivity index (χ1) is 13.5. The van der Waals surface area contributed by atoms with Crippen molar-refractivity contribution in [2.24, 2.45) is 0 Å². The molecular formula is C19H23N5O3S. The number of methoxy groups -OCH3 is 1. The van der Waals surface area contributed by atoms with Gasteiger partial charge in [0.15, 0.2) is 5.16 Å². The zero-order valence-corrected chi connectivity index (χ0v) is 16.7. The predicted molar refractivity (Wildman–Crippen MR) is 109 cm³/mol. The average molecular weight is 401 g/mol. The lowest BCUT2D eigenvalue weighted by Crippen LogP contribution is -2.16. The molecule has 1 saturated carbocycles. The first-order valence-corrected chi connectivity index (χ1v) is 9.92. The third-order valence-corrected chi connectivity index (χ3v) is 5.09. The van der Waals surface area contributed by atoms with Gasteiger partial charge in [0.2, 0.25) is 11.8 Å². The van der Waals surface area contributed by atoms with Gasteiger partial charge in [-0.2, -0.15) is 0 Å². The Balaban J connectivity index is 1.66. The number of thioether (sulfide) groups is 1. The van der Waals surface area contributed by atoms with Gasteiger partial charge in [-0.15, -0.1) is 16.8 Å². The van der Waals surface area contributed by atoms with E-state index in [-0.39, 0.29) is 17.6 Å². The second-order valence-corrected chi connectivity index (χ2v) is 7.39. The van der Waals surface area contributed by atoms with Crippen molar-refractivity contribution < 1.29 is 14.3 Å². The molecule has 2 N–H and O–H groups in total. The van der Waals surface area contributed by atoms with Gasteiger partial charge < -0.3 is 19.9 Å². The van der Waals surface area contributed by atoms with Gasteiger partial charge in [0.05, 0.1) is 18.6 Å². The molecule has 0 unspecified atom stereocenters. The fourth-order valence-electron chi connectivity index (χ4n) is 2.75. The van der Waals surface area contributed by atoms with Crippen LogP contribution in [0.3, 0.4) is 0 Å². The highest BCUT2D eigenvalue weighted by atomic mass is 32.2. The molecule has 0 saturated heterocycles. The van der Waals surface area contributed by atoms with Crippen LogP contribution in [-0.2, 0) is 16.1 Å². The SMILES string of the molecule is C=CCn1c(SCC(=O)Nc2cc(NC(C)=O)ccc2OC)nnc1C1CC1. The van der Waals surface area contributed by atoms with E-state index in [4.69, 9.17) is 4.74 Å². The van der Waals surface area contributed by atoms with Gasteiger partial charge in [-0.1, -0.05) is 17.8 Å². The Morgan fingerprint density at radius 3 is 2.79 bits per heavy atom. The molecule has 0 atom stereocenters. The second kappa shape index (κ2) is 8.92. The van der Waals surface area contributed by atoms with Crippen LogP contribution in [0.4, 0.5) is 11.4 Å². The number of aromatic nitrogens is 3. The molecule has 1 aromatic carbocycles. The van der Waals surface area contributed by atoms with Crippen molar-refractivity contribution in [3.63, 3.8) is 0 Å². The molecule has 2 aromatic rings. The number of rotatable bonds is 9. The summed E-state index contributed by atoms with van der Waals surface area (Å²) >= 11 is 1.33. The van der Waals surface area contributed by atoms with E-state index >= 15 is 0 Å². The third-order valence-electron chi connectivity index (χ3n) is 4.13. The molecule has 0 radical (unpaired) electrons. The van der Waals surface area contributed by atoms with Crippen molar-refractivity contribution in [2.75, 3.05) is 23.5 Å². The number of carbonyl (C=O) groups is 2. The highest BCUT2D eigenvalue weighted by Crippen LogP contribution is 2.40. The molecule has 0 aliphatic heterocycles. The quantitative estimate of drug-likeness (QED) is 0.495. The summed E-state index contributed by atoms with van der Waals surface area (Å²) in [6, 6.07) is 5.06. The molecule has 148 valence electrons. The van der Waals surface area contributed by atoms with Gasteiger partial charge in [-0.25, -0.2) is 0 Å². The topological polar surface area (TPSA) is 98.1 Å². The van der Waals surface area contributed by atoms with Crippen molar-refractivity contribution in [2.45, 2.75) is 37.4 Å². The normalized spacial score (nSPS) is 13.1. The van der Waals surface area contributed by atoms with Gasteiger partial charge >= 0.3 is 0 Å². The van der Waals surface area contributed by atoms with Crippen LogP contribution in [-0.4, -0.2) is 39.4 Å². The van der Waals surface area contributed by atoms with Crippen LogP contribution in [0.1, 0.15) is 31.5 Å². The van der Waals surface area contributed by atoms with Crippen molar-refractivity contribution in [1.29, 1.82) is 0 Å².